The van der Waals surface area contributed by atoms with Gasteiger partial charge in [0.05, 0.1) is 11.9 Å². The molecule has 2 heterocycles. The SMILES string of the molecule is O=C(CCCc1ccccc1)Nn1cnc2c(cnn2-c2ccc(F)cc2)c1=O. The molecule has 0 saturated heterocycles. The van der Waals surface area contributed by atoms with Crippen molar-refractivity contribution in [1.29, 1.82) is 0 Å². The number of amides is 1. The zero-order valence-electron chi connectivity index (χ0n) is 15.5. The zero-order chi connectivity index (χ0) is 20.2. The number of aryl methyl sites for hydroxylation is 1. The van der Waals surface area contributed by atoms with Gasteiger partial charge in [-0.1, -0.05) is 30.3 Å². The minimum atomic E-state index is -0.431. The Bertz CT molecular complexity index is 1200. The summed E-state index contributed by atoms with van der Waals surface area (Å²) in [5.74, 6) is -0.634. The molecule has 0 aliphatic rings. The Labute approximate surface area is 165 Å². The first-order chi connectivity index (χ1) is 14.1. The van der Waals surface area contributed by atoms with Gasteiger partial charge in [0.15, 0.2) is 5.65 Å². The lowest BCUT2D eigenvalue weighted by molar-refractivity contribution is -0.117. The molecule has 0 fully saturated rings. The monoisotopic (exact) mass is 391 g/mol. The standard InChI is InChI=1S/C21H18FN5O2/c22-16-9-11-17(12-10-16)27-20-18(13-24-27)21(29)26(14-23-20)25-19(28)8-4-7-15-5-2-1-3-6-15/h1-3,5-6,9-14H,4,7-8H2,(H,25,28). The number of halogens is 1. The molecular weight excluding hydrogens is 373 g/mol. The van der Waals surface area contributed by atoms with E-state index in [1.165, 1.54) is 29.3 Å². The fourth-order valence-corrected chi connectivity index (χ4v) is 3.05. The molecule has 4 aromatic rings. The lowest BCUT2D eigenvalue weighted by Gasteiger charge is -2.08. The van der Waals surface area contributed by atoms with Crippen LogP contribution in [0.15, 0.2) is 71.9 Å². The fraction of sp³-hybridized carbons (Fsp3) is 0.143. The summed E-state index contributed by atoms with van der Waals surface area (Å²) in [7, 11) is 0. The van der Waals surface area contributed by atoms with Crippen LogP contribution in [0, 0.1) is 5.82 Å². The molecule has 2 aromatic carbocycles. The van der Waals surface area contributed by atoms with E-state index in [9.17, 15) is 14.0 Å². The average molecular weight is 391 g/mol. The third kappa shape index (κ3) is 4.06. The van der Waals surface area contributed by atoms with Crippen LogP contribution in [-0.2, 0) is 11.2 Å². The van der Waals surface area contributed by atoms with Crippen LogP contribution in [-0.4, -0.2) is 25.3 Å². The van der Waals surface area contributed by atoms with Crippen molar-refractivity contribution in [2.75, 3.05) is 5.43 Å². The number of hydrogen-bond acceptors (Lipinski definition) is 4. The van der Waals surface area contributed by atoms with Crippen molar-refractivity contribution < 1.29 is 9.18 Å². The maximum atomic E-state index is 13.1. The summed E-state index contributed by atoms with van der Waals surface area (Å²) < 4.78 is 15.6. The predicted octanol–water partition coefficient (Wildman–Crippen LogP) is 2.81. The summed E-state index contributed by atoms with van der Waals surface area (Å²) in [6, 6.07) is 15.6. The summed E-state index contributed by atoms with van der Waals surface area (Å²) in [4.78, 5) is 29.1. The highest BCUT2D eigenvalue weighted by Crippen LogP contribution is 2.14. The Morgan fingerprint density at radius 1 is 1.07 bits per heavy atom. The number of rotatable bonds is 6. The Kier molecular flexibility index (Phi) is 5.15. The van der Waals surface area contributed by atoms with Crippen molar-refractivity contribution in [3.05, 3.63) is 88.9 Å². The van der Waals surface area contributed by atoms with E-state index in [1.54, 1.807) is 12.1 Å². The molecule has 0 unspecified atom stereocenters. The lowest BCUT2D eigenvalue weighted by atomic mass is 10.1. The number of nitrogens with zero attached hydrogens (tertiary/aromatic N) is 4. The van der Waals surface area contributed by atoms with E-state index >= 15 is 0 Å². The molecule has 29 heavy (non-hydrogen) atoms. The van der Waals surface area contributed by atoms with Crippen LogP contribution in [0.3, 0.4) is 0 Å². The van der Waals surface area contributed by atoms with Crippen molar-refractivity contribution in [2.45, 2.75) is 19.3 Å². The number of aromatic nitrogens is 4. The van der Waals surface area contributed by atoms with Crippen LogP contribution in [0.1, 0.15) is 18.4 Å². The Morgan fingerprint density at radius 3 is 2.59 bits per heavy atom. The smallest absolute Gasteiger partial charge is 0.273 e. The maximum Gasteiger partial charge on any atom is 0.283 e. The van der Waals surface area contributed by atoms with E-state index in [1.807, 2.05) is 30.3 Å². The van der Waals surface area contributed by atoms with Gasteiger partial charge in [-0.15, -0.1) is 0 Å². The van der Waals surface area contributed by atoms with Crippen molar-refractivity contribution in [3.8, 4) is 5.69 Å². The highest BCUT2D eigenvalue weighted by molar-refractivity contribution is 5.84. The van der Waals surface area contributed by atoms with Gasteiger partial charge in [-0.2, -0.15) is 5.10 Å². The molecule has 1 amide bonds. The van der Waals surface area contributed by atoms with Crippen LogP contribution in [0.4, 0.5) is 4.39 Å². The van der Waals surface area contributed by atoms with Gasteiger partial charge in [-0.05, 0) is 42.7 Å². The largest absolute Gasteiger partial charge is 0.283 e. The molecule has 0 atom stereocenters. The molecule has 0 aliphatic heterocycles. The maximum absolute atomic E-state index is 13.1. The number of fused-ring (bicyclic) bond motifs is 1. The molecule has 7 nitrogen and oxygen atoms in total. The summed E-state index contributed by atoms with van der Waals surface area (Å²) in [5, 5.41) is 4.42. The van der Waals surface area contributed by atoms with Crippen LogP contribution in [0.25, 0.3) is 16.7 Å². The summed E-state index contributed by atoms with van der Waals surface area (Å²) in [6.45, 7) is 0. The molecule has 0 bridgehead atoms. The third-order valence-corrected chi connectivity index (χ3v) is 4.52. The molecule has 0 saturated carbocycles. The first-order valence-electron chi connectivity index (χ1n) is 9.17. The van der Waals surface area contributed by atoms with Gasteiger partial charge in [-0.3, -0.25) is 15.0 Å². The Balaban J connectivity index is 1.47. The van der Waals surface area contributed by atoms with Gasteiger partial charge in [0.1, 0.15) is 17.5 Å². The number of nitrogens with one attached hydrogen (secondary N) is 1. The minimum absolute atomic E-state index is 0.251. The summed E-state index contributed by atoms with van der Waals surface area (Å²) in [5.41, 5.74) is 4.20. The molecule has 146 valence electrons. The van der Waals surface area contributed by atoms with Crippen LogP contribution in [0.2, 0.25) is 0 Å². The minimum Gasteiger partial charge on any atom is -0.273 e. The molecule has 1 N–H and O–H groups in total. The van der Waals surface area contributed by atoms with Crippen LogP contribution < -0.4 is 11.0 Å². The topological polar surface area (TPSA) is 81.8 Å². The van der Waals surface area contributed by atoms with Gasteiger partial charge in [0.2, 0.25) is 5.91 Å². The molecular formula is C21H18FN5O2. The molecule has 0 radical (unpaired) electrons. The van der Waals surface area contributed by atoms with E-state index in [4.69, 9.17) is 0 Å². The Morgan fingerprint density at radius 2 is 1.83 bits per heavy atom. The lowest BCUT2D eigenvalue weighted by Crippen LogP contribution is -2.33. The van der Waals surface area contributed by atoms with E-state index in [2.05, 4.69) is 15.5 Å². The van der Waals surface area contributed by atoms with E-state index in [0.29, 0.717) is 17.8 Å². The highest BCUT2D eigenvalue weighted by Gasteiger charge is 2.13. The first-order valence-corrected chi connectivity index (χ1v) is 9.17. The zero-order valence-corrected chi connectivity index (χ0v) is 15.5. The van der Waals surface area contributed by atoms with Crippen molar-refractivity contribution >= 4 is 16.9 Å². The molecule has 0 spiro atoms. The highest BCUT2D eigenvalue weighted by atomic mass is 19.1. The molecule has 8 heteroatoms. The molecule has 0 aliphatic carbocycles. The average Bonchev–Trinajstić information content (AvgIpc) is 3.16. The predicted molar refractivity (Wildman–Crippen MR) is 107 cm³/mol. The van der Waals surface area contributed by atoms with Gasteiger partial charge >= 0.3 is 0 Å². The summed E-state index contributed by atoms with van der Waals surface area (Å²) in [6.07, 6.45) is 4.37. The van der Waals surface area contributed by atoms with E-state index in [-0.39, 0.29) is 23.5 Å². The quantitative estimate of drug-likeness (QED) is 0.548. The van der Waals surface area contributed by atoms with E-state index in [0.717, 1.165) is 16.7 Å². The molecule has 2 aromatic heterocycles. The van der Waals surface area contributed by atoms with Crippen LogP contribution in [0.5, 0.6) is 0 Å². The second kappa shape index (κ2) is 8.05. The second-order valence-electron chi connectivity index (χ2n) is 6.56. The number of hydrogen-bond donors (Lipinski definition) is 1. The molecule has 4 rings (SSSR count). The van der Waals surface area contributed by atoms with E-state index < -0.39 is 5.56 Å². The first kappa shape index (κ1) is 18.5. The van der Waals surface area contributed by atoms with Gasteiger partial charge in [0, 0.05) is 6.42 Å². The van der Waals surface area contributed by atoms with Crippen molar-refractivity contribution in [3.63, 3.8) is 0 Å². The van der Waals surface area contributed by atoms with Gasteiger partial charge < -0.3 is 0 Å². The normalized spacial score (nSPS) is 10.9. The second-order valence-corrected chi connectivity index (χ2v) is 6.56. The van der Waals surface area contributed by atoms with Gasteiger partial charge in [0.25, 0.3) is 5.56 Å². The van der Waals surface area contributed by atoms with Gasteiger partial charge in [-0.25, -0.2) is 18.7 Å². The third-order valence-electron chi connectivity index (χ3n) is 4.52. The Hall–Kier alpha value is -3.81. The number of carbonyl (C=O) groups excluding carboxylic acids is 1. The van der Waals surface area contributed by atoms with Crippen molar-refractivity contribution in [2.24, 2.45) is 0 Å². The number of benzene rings is 2. The number of carbonyl (C=O) groups is 1. The van der Waals surface area contributed by atoms with Crippen molar-refractivity contribution in [1.82, 2.24) is 19.4 Å². The fourth-order valence-electron chi connectivity index (χ4n) is 3.05. The summed E-state index contributed by atoms with van der Waals surface area (Å²) >= 11 is 0. The van der Waals surface area contributed by atoms with Crippen LogP contribution >= 0.6 is 0 Å².